The van der Waals surface area contributed by atoms with Crippen LogP contribution in [0.2, 0.25) is 0 Å². The smallest absolute Gasteiger partial charge is 0.258 e. The van der Waals surface area contributed by atoms with Gasteiger partial charge in [0.2, 0.25) is 0 Å². The molecule has 0 aliphatic carbocycles. The number of nitrogens with zero attached hydrogens (tertiary/aromatic N) is 2. The third-order valence-corrected chi connectivity index (χ3v) is 3.18. The van der Waals surface area contributed by atoms with E-state index in [4.69, 9.17) is 16.9 Å². The van der Waals surface area contributed by atoms with Crippen LogP contribution in [-0.4, -0.2) is 16.6 Å². The molecule has 0 aliphatic heterocycles. The number of benzene rings is 1. The minimum absolute atomic E-state index is 0.0895. The van der Waals surface area contributed by atoms with E-state index in [1.165, 1.54) is 23.9 Å². The summed E-state index contributed by atoms with van der Waals surface area (Å²) in [5.74, 6) is 1.39. The van der Waals surface area contributed by atoms with Gasteiger partial charge >= 0.3 is 0 Å². The molecule has 1 rings (SSSR count). The molecule has 0 N–H and O–H groups in total. The van der Waals surface area contributed by atoms with Crippen LogP contribution in [0.15, 0.2) is 23.1 Å². The third-order valence-electron chi connectivity index (χ3n) is 1.83. The van der Waals surface area contributed by atoms with Crippen LogP contribution in [0.3, 0.4) is 0 Å². The summed E-state index contributed by atoms with van der Waals surface area (Å²) >= 11 is 7.03. The van der Waals surface area contributed by atoms with Gasteiger partial charge in [-0.25, -0.2) is 0 Å². The van der Waals surface area contributed by atoms with Crippen molar-refractivity contribution in [3.8, 4) is 6.07 Å². The van der Waals surface area contributed by atoms with Crippen LogP contribution in [0.25, 0.3) is 0 Å². The minimum Gasteiger partial charge on any atom is -0.258 e. The molecule has 0 aliphatic rings. The number of alkyl halides is 1. The highest BCUT2D eigenvalue weighted by molar-refractivity contribution is 7.99. The van der Waals surface area contributed by atoms with Gasteiger partial charge in [0.25, 0.3) is 5.69 Å². The number of nitro benzene ring substituents is 1. The topological polar surface area (TPSA) is 66.9 Å². The molecule has 0 spiro atoms. The van der Waals surface area contributed by atoms with E-state index >= 15 is 0 Å². The fourth-order valence-electron chi connectivity index (χ4n) is 1.09. The predicted molar refractivity (Wildman–Crippen MR) is 63.9 cm³/mol. The minimum atomic E-state index is -0.538. The zero-order valence-electron chi connectivity index (χ0n) is 8.35. The summed E-state index contributed by atoms with van der Waals surface area (Å²) in [5, 5.41) is 19.4. The standard InChI is InChI=1S/C10H9ClN2O2S/c11-4-1-5-16-9-3-2-8(7-12)10(6-9)13(14)15/h2-3,6H,1,4-5H2. The number of hydrogen-bond donors (Lipinski definition) is 0. The van der Waals surface area contributed by atoms with Crippen molar-refractivity contribution in [2.75, 3.05) is 11.6 Å². The fraction of sp³-hybridized carbons (Fsp3) is 0.300. The SMILES string of the molecule is N#Cc1ccc(SCCCCl)cc1[N+](=O)[O-]. The average Bonchev–Trinajstić information content (AvgIpc) is 2.29. The molecule has 6 heteroatoms. The van der Waals surface area contributed by atoms with Crippen molar-refractivity contribution in [1.29, 1.82) is 5.26 Å². The molecule has 16 heavy (non-hydrogen) atoms. The van der Waals surface area contributed by atoms with E-state index in [0.717, 1.165) is 17.1 Å². The van der Waals surface area contributed by atoms with Crippen molar-refractivity contribution in [3.63, 3.8) is 0 Å². The van der Waals surface area contributed by atoms with Crippen molar-refractivity contribution in [2.24, 2.45) is 0 Å². The monoisotopic (exact) mass is 256 g/mol. The normalized spacial score (nSPS) is 9.75. The Labute approximate surface area is 102 Å². The molecule has 84 valence electrons. The van der Waals surface area contributed by atoms with Gasteiger partial charge in [0, 0.05) is 16.8 Å². The summed E-state index contributed by atoms with van der Waals surface area (Å²) in [6, 6.07) is 6.41. The second kappa shape index (κ2) is 6.36. The van der Waals surface area contributed by atoms with E-state index in [-0.39, 0.29) is 11.3 Å². The van der Waals surface area contributed by atoms with Crippen LogP contribution in [-0.2, 0) is 0 Å². The lowest BCUT2D eigenvalue weighted by molar-refractivity contribution is -0.385. The molecule has 1 aromatic carbocycles. The summed E-state index contributed by atoms with van der Waals surface area (Å²) in [6.45, 7) is 0. The Bertz CT molecular complexity index is 431. The van der Waals surface area contributed by atoms with Gasteiger partial charge in [0.1, 0.15) is 11.6 Å². The predicted octanol–water partition coefficient (Wildman–Crippen LogP) is 3.19. The van der Waals surface area contributed by atoms with Gasteiger partial charge in [-0.05, 0) is 24.3 Å². The van der Waals surface area contributed by atoms with Crippen molar-refractivity contribution in [3.05, 3.63) is 33.9 Å². The Hall–Kier alpha value is -1.25. The molecule has 0 unspecified atom stereocenters. The van der Waals surface area contributed by atoms with E-state index in [0.29, 0.717) is 5.88 Å². The Kier molecular flexibility index (Phi) is 5.09. The third kappa shape index (κ3) is 3.40. The van der Waals surface area contributed by atoms with Crippen molar-refractivity contribution >= 4 is 29.1 Å². The Morgan fingerprint density at radius 2 is 2.31 bits per heavy atom. The van der Waals surface area contributed by atoms with Crippen LogP contribution in [0, 0.1) is 21.4 Å². The second-order valence-corrected chi connectivity index (χ2v) is 4.49. The van der Waals surface area contributed by atoms with E-state index < -0.39 is 4.92 Å². The molecule has 0 bridgehead atoms. The average molecular weight is 257 g/mol. The maximum Gasteiger partial charge on any atom is 0.288 e. The number of halogens is 1. The molecule has 0 atom stereocenters. The van der Waals surface area contributed by atoms with Crippen LogP contribution >= 0.6 is 23.4 Å². The largest absolute Gasteiger partial charge is 0.288 e. The number of thioether (sulfide) groups is 1. The Morgan fingerprint density at radius 3 is 2.88 bits per heavy atom. The highest BCUT2D eigenvalue weighted by atomic mass is 35.5. The Morgan fingerprint density at radius 1 is 1.56 bits per heavy atom. The van der Waals surface area contributed by atoms with Crippen LogP contribution in [0.4, 0.5) is 5.69 Å². The van der Waals surface area contributed by atoms with Crippen LogP contribution < -0.4 is 0 Å². The molecule has 0 heterocycles. The lowest BCUT2D eigenvalue weighted by atomic mass is 10.2. The molecule has 0 radical (unpaired) electrons. The summed E-state index contributed by atoms with van der Waals surface area (Å²) in [5.41, 5.74) is -0.0509. The molecule has 0 saturated heterocycles. The summed E-state index contributed by atoms with van der Waals surface area (Å²) in [4.78, 5) is 10.9. The maximum atomic E-state index is 10.7. The first-order valence-electron chi connectivity index (χ1n) is 4.56. The lowest BCUT2D eigenvalue weighted by Gasteiger charge is -2.01. The zero-order chi connectivity index (χ0) is 12.0. The Balaban J connectivity index is 2.86. The summed E-state index contributed by atoms with van der Waals surface area (Å²) in [7, 11) is 0. The molecule has 0 aromatic heterocycles. The van der Waals surface area contributed by atoms with Gasteiger partial charge < -0.3 is 0 Å². The first-order chi connectivity index (χ1) is 7.69. The first kappa shape index (κ1) is 12.8. The van der Waals surface area contributed by atoms with Crippen LogP contribution in [0.5, 0.6) is 0 Å². The first-order valence-corrected chi connectivity index (χ1v) is 6.08. The van der Waals surface area contributed by atoms with E-state index in [1.807, 2.05) is 0 Å². The highest BCUT2D eigenvalue weighted by Gasteiger charge is 2.13. The van der Waals surface area contributed by atoms with Gasteiger partial charge in [0.15, 0.2) is 0 Å². The fourth-order valence-corrected chi connectivity index (χ4v) is 2.27. The molecule has 0 fully saturated rings. The van der Waals surface area contributed by atoms with Crippen molar-refractivity contribution in [1.82, 2.24) is 0 Å². The van der Waals surface area contributed by atoms with Gasteiger partial charge in [-0.3, -0.25) is 10.1 Å². The van der Waals surface area contributed by atoms with Gasteiger partial charge in [-0.1, -0.05) is 0 Å². The number of rotatable bonds is 5. The molecule has 1 aromatic rings. The zero-order valence-corrected chi connectivity index (χ0v) is 9.92. The summed E-state index contributed by atoms with van der Waals surface area (Å²) < 4.78 is 0. The maximum absolute atomic E-state index is 10.7. The number of nitro groups is 1. The molecule has 4 nitrogen and oxygen atoms in total. The highest BCUT2D eigenvalue weighted by Crippen LogP contribution is 2.26. The van der Waals surface area contributed by atoms with Crippen molar-refractivity contribution < 1.29 is 4.92 Å². The number of hydrogen-bond acceptors (Lipinski definition) is 4. The molecular weight excluding hydrogens is 248 g/mol. The molecule has 0 saturated carbocycles. The van der Waals surface area contributed by atoms with E-state index in [9.17, 15) is 10.1 Å². The van der Waals surface area contributed by atoms with Crippen molar-refractivity contribution in [2.45, 2.75) is 11.3 Å². The summed E-state index contributed by atoms with van der Waals surface area (Å²) in [6.07, 6.45) is 0.847. The number of nitriles is 1. The van der Waals surface area contributed by atoms with Crippen LogP contribution in [0.1, 0.15) is 12.0 Å². The van der Waals surface area contributed by atoms with Gasteiger partial charge in [-0.2, -0.15) is 5.26 Å². The van der Waals surface area contributed by atoms with E-state index in [2.05, 4.69) is 0 Å². The van der Waals surface area contributed by atoms with E-state index in [1.54, 1.807) is 12.1 Å². The van der Waals surface area contributed by atoms with Gasteiger partial charge in [-0.15, -0.1) is 23.4 Å². The quantitative estimate of drug-likeness (QED) is 0.267. The lowest BCUT2D eigenvalue weighted by Crippen LogP contribution is -1.92. The second-order valence-electron chi connectivity index (χ2n) is 2.94. The molecule has 0 amide bonds. The van der Waals surface area contributed by atoms with Gasteiger partial charge in [0.05, 0.1) is 4.92 Å². The molecular formula is C10H9ClN2O2S.